The van der Waals surface area contributed by atoms with Crippen molar-refractivity contribution in [2.24, 2.45) is 0 Å². The van der Waals surface area contributed by atoms with Crippen molar-refractivity contribution in [1.82, 2.24) is 0 Å². The van der Waals surface area contributed by atoms with Gasteiger partial charge in [-0.2, -0.15) is 0 Å². The third kappa shape index (κ3) is 6.11. The first kappa shape index (κ1) is 26.3. The molecule has 0 bridgehead atoms. The van der Waals surface area contributed by atoms with Crippen LogP contribution in [0.15, 0.2) is 23.3 Å². The van der Waals surface area contributed by atoms with Crippen LogP contribution in [0.4, 0.5) is 0 Å². The van der Waals surface area contributed by atoms with Gasteiger partial charge in [-0.05, 0) is 33.6 Å². The van der Waals surface area contributed by atoms with E-state index in [9.17, 15) is 35.7 Å². The highest BCUT2D eigenvalue weighted by Crippen LogP contribution is 2.38. The number of allylic oxidation sites excluding steroid dienone is 3. The number of ether oxygens (including phenoxy) is 3. The lowest BCUT2D eigenvalue weighted by Gasteiger charge is -2.48. The molecule has 2 heterocycles. The van der Waals surface area contributed by atoms with Crippen molar-refractivity contribution in [2.45, 2.75) is 94.8 Å². The first-order valence-electron chi connectivity index (χ1n) is 10.5. The fourth-order valence-electron chi connectivity index (χ4n) is 3.69. The average Bonchev–Trinajstić information content (AvgIpc) is 3.00. The standard InChI is InChI=1S/C21H36O10/c1-11(2)5-4-6-12(3)7-8-21(19(28)17(26)16(25)14(10-23)30-21)31-20-18(27)15(24)13(9-22)29-20/h5,7,13-20,22-28H,4,6,8-10H2,1-3H3/b12-7+/t13-,14+,15-,16+,17-,18+,19+,20-,21-/m0/s1. The number of hydrogen-bond acceptors (Lipinski definition) is 10. The normalized spacial score (nSPS) is 41.4. The minimum atomic E-state index is -1.99. The van der Waals surface area contributed by atoms with Gasteiger partial charge in [0.15, 0.2) is 6.29 Å². The van der Waals surface area contributed by atoms with Gasteiger partial charge in [-0.25, -0.2) is 0 Å². The van der Waals surface area contributed by atoms with Crippen LogP contribution in [0, 0.1) is 0 Å². The molecule has 7 N–H and O–H groups in total. The maximum atomic E-state index is 10.7. The summed E-state index contributed by atoms with van der Waals surface area (Å²) in [6.07, 6.45) is -6.62. The van der Waals surface area contributed by atoms with E-state index in [1.807, 2.05) is 20.8 Å². The topological polar surface area (TPSA) is 169 Å². The zero-order valence-electron chi connectivity index (χ0n) is 18.2. The largest absolute Gasteiger partial charge is 0.394 e. The minimum absolute atomic E-state index is 0.0957. The molecule has 2 rings (SSSR count). The maximum absolute atomic E-state index is 10.7. The van der Waals surface area contributed by atoms with Gasteiger partial charge in [0, 0.05) is 6.42 Å². The highest BCUT2D eigenvalue weighted by molar-refractivity contribution is 5.07. The van der Waals surface area contributed by atoms with Crippen molar-refractivity contribution in [2.75, 3.05) is 13.2 Å². The summed E-state index contributed by atoms with van der Waals surface area (Å²) in [7, 11) is 0. The molecule has 10 heteroatoms. The first-order chi connectivity index (χ1) is 14.6. The van der Waals surface area contributed by atoms with Crippen LogP contribution >= 0.6 is 0 Å². The van der Waals surface area contributed by atoms with E-state index in [1.54, 1.807) is 6.08 Å². The Morgan fingerprint density at radius 1 is 0.871 bits per heavy atom. The number of rotatable bonds is 9. The molecule has 10 nitrogen and oxygen atoms in total. The Hall–Kier alpha value is -0.920. The second-order valence-electron chi connectivity index (χ2n) is 8.48. The molecule has 0 saturated carbocycles. The van der Waals surface area contributed by atoms with Crippen LogP contribution in [0.2, 0.25) is 0 Å². The maximum Gasteiger partial charge on any atom is 0.204 e. The van der Waals surface area contributed by atoms with E-state index in [4.69, 9.17) is 14.2 Å². The van der Waals surface area contributed by atoms with Crippen molar-refractivity contribution in [3.05, 3.63) is 23.3 Å². The Kier molecular flexibility index (Phi) is 9.58. The zero-order chi connectivity index (χ0) is 23.3. The summed E-state index contributed by atoms with van der Waals surface area (Å²) in [6, 6.07) is 0. The van der Waals surface area contributed by atoms with Crippen LogP contribution in [0.25, 0.3) is 0 Å². The molecule has 31 heavy (non-hydrogen) atoms. The van der Waals surface area contributed by atoms with Gasteiger partial charge in [-0.1, -0.05) is 23.3 Å². The zero-order valence-corrected chi connectivity index (χ0v) is 18.2. The summed E-state index contributed by atoms with van der Waals surface area (Å²) in [5.41, 5.74) is 2.13. The molecule has 0 radical (unpaired) electrons. The molecule has 0 aromatic carbocycles. The van der Waals surface area contributed by atoms with Gasteiger partial charge < -0.3 is 50.0 Å². The quantitative estimate of drug-likeness (QED) is 0.210. The fraction of sp³-hybridized carbons (Fsp3) is 0.810. The van der Waals surface area contributed by atoms with Gasteiger partial charge >= 0.3 is 0 Å². The van der Waals surface area contributed by atoms with E-state index in [0.717, 1.165) is 18.4 Å². The molecule has 0 aliphatic carbocycles. The molecule has 0 aromatic heterocycles. The summed E-state index contributed by atoms with van der Waals surface area (Å²) >= 11 is 0. The van der Waals surface area contributed by atoms with Gasteiger partial charge in [-0.15, -0.1) is 0 Å². The molecule has 2 aliphatic rings. The van der Waals surface area contributed by atoms with Crippen molar-refractivity contribution in [1.29, 1.82) is 0 Å². The molecule has 180 valence electrons. The monoisotopic (exact) mass is 448 g/mol. The van der Waals surface area contributed by atoms with Gasteiger partial charge in [-0.3, -0.25) is 0 Å². The van der Waals surface area contributed by atoms with E-state index in [-0.39, 0.29) is 6.42 Å². The Morgan fingerprint density at radius 2 is 1.48 bits per heavy atom. The van der Waals surface area contributed by atoms with Gasteiger partial charge in [0.25, 0.3) is 0 Å². The van der Waals surface area contributed by atoms with Crippen LogP contribution in [-0.2, 0) is 14.2 Å². The lowest BCUT2D eigenvalue weighted by Crippen LogP contribution is -2.67. The Balaban J connectivity index is 2.28. The SMILES string of the molecule is CC(C)=CCC/C(C)=C/C[C@@]1(O[C@@H]2O[C@@H](CO)[C@H](O)[C@H]2O)O[C@H](CO)[C@@H](O)[C@H](O)[C@H]1O. The molecule has 0 amide bonds. The van der Waals surface area contributed by atoms with E-state index in [2.05, 4.69) is 6.08 Å². The highest BCUT2D eigenvalue weighted by atomic mass is 16.8. The van der Waals surface area contributed by atoms with Gasteiger partial charge in [0.1, 0.15) is 42.7 Å². The predicted molar refractivity (Wildman–Crippen MR) is 109 cm³/mol. The Bertz CT molecular complexity index is 632. The van der Waals surface area contributed by atoms with E-state index < -0.39 is 68.0 Å². The van der Waals surface area contributed by atoms with Crippen LogP contribution in [0.5, 0.6) is 0 Å². The lowest BCUT2D eigenvalue weighted by molar-refractivity contribution is -0.398. The summed E-state index contributed by atoms with van der Waals surface area (Å²) in [5.74, 6) is -1.99. The van der Waals surface area contributed by atoms with Gasteiger partial charge in [0.05, 0.1) is 13.2 Å². The van der Waals surface area contributed by atoms with Crippen molar-refractivity contribution in [3.8, 4) is 0 Å². The minimum Gasteiger partial charge on any atom is -0.394 e. The fourth-order valence-corrected chi connectivity index (χ4v) is 3.69. The number of aliphatic hydroxyl groups excluding tert-OH is 7. The molecule has 2 saturated heterocycles. The summed E-state index contributed by atoms with van der Waals surface area (Å²) in [6.45, 7) is 4.64. The molecule has 0 unspecified atom stereocenters. The van der Waals surface area contributed by atoms with Gasteiger partial charge in [0.2, 0.25) is 5.79 Å². The van der Waals surface area contributed by atoms with Crippen LogP contribution < -0.4 is 0 Å². The van der Waals surface area contributed by atoms with E-state index in [0.29, 0.717) is 0 Å². The van der Waals surface area contributed by atoms with Crippen molar-refractivity contribution >= 4 is 0 Å². The third-order valence-electron chi connectivity index (χ3n) is 5.68. The molecule has 2 aliphatic heterocycles. The second-order valence-corrected chi connectivity index (χ2v) is 8.48. The van der Waals surface area contributed by atoms with Crippen LogP contribution in [0.3, 0.4) is 0 Å². The molecule has 0 aromatic rings. The molecular formula is C21H36O10. The average molecular weight is 449 g/mol. The summed E-state index contributed by atoms with van der Waals surface area (Å²) < 4.78 is 16.8. The third-order valence-corrected chi connectivity index (χ3v) is 5.68. The Morgan fingerprint density at radius 3 is 2.03 bits per heavy atom. The number of hydrogen-bond donors (Lipinski definition) is 7. The molecule has 9 atom stereocenters. The molecule has 2 fully saturated rings. The van der Waals surface area contributed by atoms with Crippen LogP contribution in [0.1, 0.15) is 40.0 Å². The first-order valence-corrected chi connectivity index (χ1v) is 10.5. The van der Waals surface area contributed by atoms with Crippen molar-refractivity contribution < 1.29 is 50.0 Å². The smallest absolute Gasteiger partial charge is 0.204 e. The molecular weight excluding hydrogens is 412 g/mol. The highest BCUT2D eigenvalue weighted by Gasteiger charge is 2.57. The van der Waals surface area contributed by atoms with E-state index >= 15 is 0 Å². The van der Waals surface area contributed by atoms with Crippen molar-refractivity contribution in [3.63, 3.8) is 0 Å². The molecule has 0 spiro atoms. The summed E-state index contributed by atoms with van der Waals surface area (Å²) in [5, 5.41) is 70.3. The number of aliphatic hydroxyl groups is 7. The predicted octanol–water partition coefficient (Wildman–Crippen LogP) is -1.31. The Labute approximate surface area is 182 Å². The lowest BCUT2D eigenvalue weighted by atomic mass is 9.89. The van der Waals surface area contributed by atoms with E-state index in [1.165, 1.54) is 5.57 Å². The second kappa shape index (κ2) is 11.3. The van der Waals surface area contributed by atoms with Crippen LogP contribution in [-0.4, -0.2) is 104 Å². The summed E-state index contributed by atoms with van der Waals surface area (Å²) in [4.78, 5) is 0.